The highest BCUT2D eigenvalue weighted by atomic mass is 15.1. The first-order chi connectivity index (χ1) is 4.61. The summed E-state index contributed by atoms with van der Waals surface area (Å²) < 4.78 is 0. The molecule has 0 aromatic rings. The highest BCUT2D eigenvalue weighted by Gasteiger charge is 2.16. The molecular weight excluding hydrogens is 134 g/mol. The van der Waals surface area contributed by atoms with E-state index in [9.17, 15) is 0 Å². The average Bonchev–Trinajstić information content (AvgIpc) is 1.82. The highest BCUT2D eigenvalue weighted by molar-refractivity contribution is 5.17. The third-order valence-corrected chi connectivity index (χ3v) is 2.50. The average molecular weight is 155 g/mol. The summed E-state index contributed by atoms with van der Waals surface area (Å²) in [4.78, 5) is 2.38. The van der Waals surface area contributed by atoms with Crippen LogP contribution in [0.2, 0.25) is 0 Å². The van der Waals surface area contributed by atoms with Crippen molar-refractivity contribution in [3.8, 4) is 0 Å². The standard InChI is InChI=1S/C9H17N.CH4/c1-7-5-10(4)6-8(2)9(7)3;/h7H,5-6H2,1-4H3;1H4. The molecule has 0 radical (unpaired) electrons. The van der Waals surface area contributed by atoms with E-state index >= 15 is 0 Å². The summed E-state index contributed by atoms with van der Waals surface area (Å²) >= 11 is 0. The maximum atomic E-state index is 2.38. The first kappa shape index (κ1) is 10.7. The van der Waals surface area contributed by atoms with Crippen molar-refractivity contribution in [1.82, 2.24) is 4.90 Å². The van der Waals surface area contributed by atoms with Gasteiger partial charge in [0.2, 0.25) is 0 Å². The molecule has 11 heavy (non-hydrogen) atoms. The van der Waals surface area contributed by atoms with Crippen LogP contribution in [0.15, 0.2) is 11.1 Å². The van der Waals surface area contributed by atoms with Crippen LogP contribution in [0.4, 0.5) is 0 Å². The van der Waals surface area contributed by atoms with E-state index in [-0.39, 0.29) is 7.43 Å². The van der Waals surface area contributed by atoms with Gasteiger partial charge in [0.1, 0.15) is 0 Å². The molecule has 66 valence electrons. The molecule has 1 aliphatic heterocycles. The Kier molecular flexibility index (Phi) is 3.81. The van der Waals surface area contributed by atoms with Gasteiger partial charge in [0, 0.05) is 13.1 Å². The predicted octanol–water partition coefficient (Wildman–Crippen LogP) is 2.54. The van der Waals surface area contributed by atoms with Gasteiger partial charge in [-0.2, -0.15) is 0 Å². The number of hydrogen-bond acceptors (Lipinski definition) is 1. The lowest BCUT2D eigenvalue weighted by atomic mass is 9.94. The van der Waals surface area contributed by atoms with Crippen LogP contribution in [-0.2, 0) is 0 Å². The normalized spacial score (nSPS) is 26.7. The number of nitrogens with zero attached hydrogens (tertiary/aromatic N) is 1. The van der Waals surface area contributed by atoms with Gasteiger partial charge >= 0.3 is 0 Å². The molecular formula is C10H21N. The van der Waals surface area contributed by atoms with E-state index in [1.54, 1.807) is 11.1 Å². The second-order valence-corrected chi connectivity index (χ2v) is 3.56. The van der Waals surface area contributed by atoms with Crippen LogP contribution < -0.4 is 0 Å². The van der Waals surface area contributed by atoms with Gasteiger partial charge in [-0.15, -0.1) is 0 Å². The predicted molar refractivity (Wildman–Crippen MR) is 51.8 cm³/mol. The molecule has 0 saturated carbocycles. The van der Waals surface area contributed by atoms with Crippen LogP contribution in [0, 0.1) is 5.92 Å². The molecule has 0 aliphatic carbocycles. The Morgan fingerprint density at radius 2 is 1.91 bits per heavy atom. The smallest absolute Gasteiger partial charge is 0.0189 e. The van der Waals surface area contributed by atoms with Crippen molar-refractivity contribution in [2.45, 2.75) is 28.2 Å². The van der Waals surface area contributed by atoms with Gasteiger partial charge in [-0.05, 0) is 26.8 Å². The number of likely N-dealkylation sites (N-methyl/N-ethyl adjacent to an activating group) is 1. The van der Waals surface area contributed by atoms with Crippen LogP contribution in [0.25, 0.3) is 0 Å². The van der Waals surface area contributed by atoms with Crippen LogP contribution in [0.1, 0.15) is 28.2 Å². The summed E-state index contributed by atoms with van der Waals surface area (Å²) in [5.41, 5.74) is 3.15. The summed E-state index contributed by atoms with van der Waals surface area (Å²) in [6.45, 7) is 9.18. The van der Waals surface area contributed by atoms with Gasteiger partial charge in [0.25, 0.3) is 0 Å². The number of rotatable bonds is 0. The van der Waals surface area contributed by atoms with E-state index in [4.69, 9.17) is 0 Å². The molecule has 1 atom stereocenters. The minimum atomic E-state index is 0. The minimum Gasteiger partial charge on any atom is -0.302 e. The Morgan fingerprint density at radius 3 is 2.36 bits per heavy atom. The Labute approximate surface area is 71.1 Å². The largest absolute Gasteiger partial charge is 0.302 e. The lowest BCUT2D eigenvalue weighted by molar-refractivity contribution is 0.302. The lowest BCUT2D eigenvalue weighted by Crippen LogP contribution is -2.31. The Morgan fingerprint density at radius 1 is 1.36 bits per heavy atom. The highest BCUT2D eigenvalue weighted by Crippen LogP contribution is 2.20. The van der Waals surface area contributed by atoms with Crippen molar-refractivity contribution in [3.05, 3.63) is 11.1 Å². The van der Waals surface area contributed by atoms with Crippen molar-refractivity contribution in [1.29, 1.82) is 0 Å². The fourth-order valence-electron chi connectivity index (χ4n) is 1.62. The molecule has 0 N–H and O–H groups in total. The van der Waals surface area contributed by atoms with Crippen molar-refractivity contribution >= 4 is 0 Å². The molecule has 0 amide bonds. The zero-order valence-corrected chi connectivity index (χ0v) is 7.44. The van der Waals surface area contributed by atoms with Gasteiger partial charge in [-0.3, -0.25) is 0 Å². The molecule has 1 nitrogen and oxygen atoms in total. The van der Waals surface area contributed by atoms with Crippen LogP contribution in [-0.4, -0.2) is 25.0 Å². The number of hydrogen-bond donors (Lipinski definition) is 0. The monoisotopic (exact) mass is 155 g/mol. The van der Waals surface area contributed by atoms with Crippen LogP contribution in [0.5, 0.6) is 0 Å². The molecule has 0 aromatic carbocycles. The van der Waals surface area contributed by atoms with E-state index in [1.807, 2.05) is 0 Å². The zero-order chi connectivity index (χ0) is 7.72. The van der Waals surface area contributed by atoms with Gasteiger partial charge in [0.15, 0.2) is 0 Å². The van der Waals surface area contributed by atoms with E-state index < -0.39 is 0 Å². The van der Waals surface area contributed by atoms with Crippen molar-refractivity contribution < 1.29 is 0 Å². The van der Waals surface area contributed by atoms with Crippen molar-refractivity contribution in [2.24, 2.45) is 5.92 Å². The SMILES string of the molecule is C.CC1=C(C)C(C)CN(C)C1. The second-order valence-electron chi connectivity index (χ2n) is 3.56. The van der Waals surface area contributed by atoms with E-state index in [1.165, 1.54) is 6.54 Å². The molecule has 1 heterocycles. The summed E-state index contributed by atoms with van der Waals surface area (Å²) in [6.07, 6.45) is 0. The molecule has 1 aliphatic rings. The van der Waals surface area contributed by atoms with Crippen LogP contribution in [0.3, 0.4) is 0 Å². The first-order valence-corrected chi connectivity index (χ1v) is 3.96. The topological polar surface area (TPSA) is 3.24 Å². The summed E-state index contributed by atoms with van der Waals surface area (Å²) in [6, 6.07) is 0. The summed E-state index contributed by atoms with van der Waals surface area (Å²) in [5, 5.41) is 0. The molecule has 0 saturated heterocycles. The molecule has 0 aromatic heterocycles. The van der Waals surface area contributed by atoms with Crippen molar-refractivity contribution in [2.75, 3.05) is 20.1 Å². The third kappa shape index (κ3) is 2.33. The molecule has 0 bridgehead atoms. The van der Waals surface area contributed by atoms with Gasteiger partial charge in [-0.1, -0.05) is 25.5 Å². The fourth-order valence-corrected chi connectivity index (χ4v) is 1.62. The summed E-state index contributed by atoms with van der Waals surface area (Å²) in [7, 11) is 2.19. The van der Waals surface area contributed by atoms with Gasteiger partial charge in [-0.25, -0.2) is 0 Å². The molecule has 1 unspecified atom stereocenters. The van der Waals surface area contributed by atoms with E-state index in [0.717, 1.165) is 12.5 Å². The maximum absolute atomic E-state index is 2.38. The lowest BCUT2D eigenvalue weighted by Gasteiger charge is -2.29. The molecule has 0 fully saturated rings. The fraction of sp³-hybridized carbons (Fsp3) is 0.800. The summed E-state index contributed by atoms with van der Waals surface area (Å²) in [5.74, 6) is 0.763. The first-order valence-electron chi connectivity index (χ1n) is 3.96. The van der Waals surface area contributed by atoms with Crippen LogP contribution >= 0.6 is 0 Å². The Hall–Kier alpha value is -0.300. The quantitative estimate of drug-likeness (QED) is 0.486. The maximum Gasteiger partial charge on any atom is 0.0189 e. The second kappa shape index (κ2) is 3.91. The van der Waals surface area contributed by atoms with E-state index in [2.05, 4.69) is 32.7 Å². The van der Waals surface area contributed by atoms with Gasteiger partial charge in [0.05, 0.1) is 0 Å². The Balaban J connectivity index is 0.000001000. The Bertz CT molecular complexity index is 158. The third-order valence-electron chi connectivity index (χ3n) is 2.50. The zero-order valence-electron chi connectivity index (χ0n) is 7.44. The molecule has 0 spiro atoms. The van der Waals surface area contributed by atoms with Crippen molar-refractivity contribution in [3.63, 3.8) is 0 Å². The molecule has 1 heteroatoms. The minimum absolute atomic E-state index is 0. The molecule has 1 rings (SSSR count). The van der Waals surface area contributed by atoms with Gasteiger partial charge < -0.3 is 4.90 Å². The van der Waals surface area contributed by atoms with E-state index in [0.29, 0.717) is 0 Å².